The molecule has 0 aliphatic heterocycles. The molecule has 0 heterocycles. The maximum absolute atomic E-state index is 13.8. The first-order valence-electron chi connectivity index (χ1n) is 7.58. The normalized spacial score (nSPS) is 12.8. The van der Waals surface area contributed by atoms with Crippen molar-refractivity contribution in [3.63, 3.8) is 0 Å². The van der Waals surface area contributed by atoms with Crippen molar-refractivity contribution in [2.75, 3.05) is 5.32 Å². The molecule has 0 aliphatic carbocycles. The molecule has 0 bridgehead atoms. The molecule has 0 spiro atoms. The molecule has 1 atom stereocenters. The van der Waals surface area contributed by atoms with Crippen LogP contribution in [0.4, 0.5) is 10.1 Å². The van der Waals surface area contributed by atoms with E-state index in [4.69, 9.17) is 0 Å². The van der Waals surface area contributed by atoms with Crippen LogP contribution < -0.4 is 10.0 Å². The van der Waals surface area contributed by atoms with E-state index in [9.17, 15) is 22.7 Å². The van der Waals surface area contributed by atoms with E-state index >= 15 is 0 Å². The second kappa shape index (κ2) is 7.62. The number of halogens is 1. The van der Waals surface area contributed by atoms with Gasteiger partial charge in [-0.25, -0.2) is 12.8 Å². The van der Waals surface area contributed by atoms with Crippen LogP contribution >= 0.6 is 0 Å². The van der Waals surface area contributed by atoms with Gasteiger partial charge in [-0.1, -0.05) is 38.1 Å². The van der Waals surface area contributed by atoms with Gasteiger partial charge in [0.15, 0.2) is 0 Å². The molecule has 1 amide bonds. The predicted molar refractivity (Wildman–Crippen MR) is 92.1 cm³/mol. The largest absolute Gasteiger partial charge is 0.506 e. The number of benzene rings is 2. The molecular weight excluding hydrogens is 347 g/mol. The van der Waals surface area contributed by atoms with Gasteiger partial charge < -0.3 is 10.4 Å². The Morgan fingerprint density at radius 3 is 2.28 bits per heavy atom. The lowest BCUT2D eigenvalue weighted by Gasteiger charge is -2.22. The molecule has 2 aromatic rings. The highest BCUT2D eigenvalue weighted by molar-refractivity contribution is 7.89. The fourth-order valence-corrected chi connectivity index (χ4v) is 3.60. The van der Waals surface area contributed by atoms with E-state index in [1.165, 1.54) is 24.3 Å². The van der Waals surface area contributed by atoms with Gasteiger partial charge in [0.05, 0.1) is 5.69 Å². The molecular formula is C17H19FN2O4S. The molecule has 0 radical (unpaired) electrons. The molecule has 2 aromatic carbocycles. The first-order chi connectivity index (χ1) is 11.7. The molecule has 0 fully saturated rings. The number of amides is 1. The van der Waals surface area contributed by atoms with Gasteiger partial charge in [-0.15, -0.1) is 0 Å². The smallest absolute Gasteiger partial charge is 0.244 e. The third-order valence-electron chi connectivity index (χ3n) is 3.52. The summed E-state index contributed by atoms with van der Waals surface area (Å²) in [5, 5.41) is 12.2. The lowest BCUT2D eigenvalue weighted by Crippen LogP contribution is -2.47. The number of aromatic hydroxyl groups is 1. The Labute approximate surface area is 145 Å². The van der Waals surface area contributed by atoms with Crippen LogP contribution in [-0.2, 0) is 14.8 Å². The maximum Gasteiger partial charge on any atom is 0.244 e. The number of para-hydroxylation sites is 2. The standard InChI is InChI=1S/C17H19FN2O4S/c1-11(2)16(17(22)19-13-8-4-5-9-14(13)21)20-25(23,24)15-10-6-3-7-12(15)18/h3-11,16,20-21H,1-2H3,(H,19,22)/t16-/m1/s1. The lowest BCUT2D eigenvalue weighted by molar-refractivity contribution is -0.118. The summed E-state index contributed by atoms with van der Waals surface area (Å²) in [5.74, 6) is -2.11. The summed E-state index contributed by atoms with van der Waals surface area (Å²) < 4.78 is 40.8. The van der Waals surface area contributed by atoms with Crippen molar-refractivity contribution in [2.45, 2.75) is 24.8 Å². The number of carbonyl (C=O) groups is 1. The summed E-state index contributed by atoms with van der Waals surface area (Å²) in [7, 11) is -4.23. The second-order valence-electron chi connectivity index (χ2n) is 5.78. The minimum atomic E-state index is -4.23. The first kappa shape index (κ1) is 18.9. The Morgan fingerprint density at radius 1 is 1.08 bits per heavy atom. The van der Waals surface area contributed by atoms with E-state index in [0.717, 1.165) is 12.1 Å². The molecule has 0 aliphatic rings. The van der Waals surface area contributed by atoms with E-state index in [1.54, 1.807) is 26.0 Å². The lowest BCUT2D eigenvalue weighted by atomic mass is 10.0. The third-order valence-corrected chi connectivity index (χ3v) is 4.99. The van der Waals surface area contributed by atoms with Gasteiger partial charge in [0.2, 0.25) is 15.9 Å². The molecule has 2 rings (SSSR count). The number of hydrogen-bond donors (Lipinski definition) is 3. The highest BCUT2D eigenvalue weighted by Crippen LogP contribution is 2.22. The fraction of sp³-hybridized carbons (Fsp3) is 0.235. The topological polar surface area (TPSA) is 95.5 Å². The Morgan fingerprint density at radius 2 is 1.68 bits per heavy atom. The number of nitrogens with one attached hydrogen (secondary N) is 2. The van der Waals surface area contributed by atoms with E-state index < -0.39 is 38.6 Å². The van der Waals surface area contributed by atoms with Crippen LogP contribution in [0.5, 0.6) is 5.75 Å². The molecule has 6 nitrogen and oxygen atoms in total. The Bertz CT molecular complexity index is 868. The molecule has 0 saturated carbocycles. The Hall–Kier alpha value is -2.45. The van der Waals surface area contributed by atoms with Crippen LogP contribution in [0.25, 0.3) is 0 Å². The fourth-order valence-electron chi connectivity index (χ4n) is 2.18. The van der Waals surface area contributed by atoms with Crippen LogP contribution in [0.3, 0.4) is 0 Å². The monoisotopic (exact) mass is 366 g/mol. The number of phenolic OH excluding ortho intramolecular Hbond substituents is 1. The number of anilines is 1. The quantitative estimate of drug-likeness (QED) is 0.685. The van der Waals surface area contributed by atoms with Gasteiger partial charge in [-0.3, -0.25) is 4.79 Å². The van der Waals surface area contributed by atoms with Crippen molar-refractivity contribution in [1.82, 2.24) is 4.72 Å². The summed E-state index contributed by atoms with van der Waals surface area (Å²) >= 11 is 0. The molecule has 3 N–H and O–H groups in total. The summed E-state index contributed by atoms with van der Waals surface area (Å²) in [5.41, 5.74) is 0.156. The van der Waals surface area contributed by atoms with Crippen molar-refractivity contribution in [1.29, 1.82) is 0 Å². The highest BCUT2D eigenvalue weighted by Gasteiger charge is 2.30. The number of carbonyl (C=O) groups excluding carboxylic acids is 1. The molecule has 0 aromatic heterocycles. The SMILES string of the molecule is CC(C)[C@@H](NS(=O)(=O)c1ccccc1F)C(=O)Nc1ccccc1O. The van der Waals surface area contributed by atoms with Crippen LogP contribution in [-0.4, -0.2) is 25.5 Å². The number of rotatable bonds is 6. The van der Waals surface area contributed by atoms with Gasteiger partial charge in [-0.2, -0.15) is 4.72 Å². The molecule has 8 heteroatoms. The van der Waals surface area contributed by atoms with Gasteiger partial charge in [0.1, 0.15) is 22.5 Å². The zero-order chi connectivity index (χ0) is 18.6. The maximum atomic E-state index is 13.8. The molecule has 134 valence electrons. The third kappa shape index (κ3) is 4.55. The zero-order valence-electron chi connectivity index (χ0n) is 13.7. The summed E-state index contributed by atoms with van der Waals surface area (Å²) in [6.07, 6.45) is 0. The summed E-state index contributed by atoms with van der Waals surface area (Å²) in [6, 6.07) is 9.85. The van der Waals surface area contributed by atoms with E-state index in [1.807, 2.05) is 0 Å². The number of hydrogen-bond acceptors (Lipinski definition) is 4. The second-order valence-corrected chi connectivity index (χ2v) is 7.46. The van der Waals surface area contributed by atoms with E-state index in [-0.39, 0.29) is 11.4 Å². The summed E-state index contributed by atoms with van der Waals surface area (Å²) in [6.45, 7) is 3.30. The average Bonchev–Trinajstić information content (AvgIpc) is 2.54. The van der Waals surface area contributed by atoms with Crippen LogP contribution in [0.15, 0.2) is 53.4 Å². The molecule has 0 saturated heterocycles. The van der Waals surface area contributed by atoms with Crippen molar-refractivity contribution in [3.8, 4) is 5.75 Å². The van der Waals surface area contributed by atoms with Crippen molar-refractivity contribution in [3.05, 3.63) is 54.3 Å². The highest BCUT2D eigenvalue weighted by atomic mass is 32.2. The van der Waals surface area contributed by atoms with Crippen LogP contribution in [0.1, 0.15) is 13.8 Å². The van der Waals surface area contributed by atoms with Gasteiger partial charge in [-0.05, 0) is 30.2 Å². The average molecular weight is 366 g/mol. The first-order valence-corrected chi connectivity index (χ1v) is 9.06. The van der Waals surface area contributed by atoms with Crippen molar-refractivity contribution >= 4 is 21.6 Å². The predicted octanol–water partition coefficient (Wildman–Crippen LogP) is 2.47. The van der Waals surface area contributed by atoms with Gasteiger partial charge >= 0.3 is 0 Å². The zero-order valence-corrected chi connectivity index (χ0v) is 14.5. The van der Waals surface area contributed by atoms with Crippen molar-refractivity contribution in [2.24, 2.45) is 5.92 Å². The number of sulfonamides is 1. The van der Waals surface area contributed by atoms with Gasteiger partial charge in [0.25, 0.3) is 0 Å². The molecule has 25 heavy (non-hydrogen) atoms. The van der Waals surface area contributed by atoms with E-state index in [0.29, 0.717) is 0 Å². The van der Waals surface area contributed by atoms with Crippen LogP contribution in [0.2, 0.25) is 0 Å². The number of phenols is 1. The Balaban J connectivity index is 2.25. The van der Waals surface area contributed by atoms with Crippen LogP contribution in [0, 0.1) is 11.7 Å². The molecule has 0 unspecified atom stereocenters. The Kier molecular flexibility index (Phi) is 5.76. The minimum absolute atomic E-state index is 0.143. The van der Waals surface area contributed by atoms with Gasteiger partial charge in [0, 0.05) is 0 Å². The summed E-state index contributed by atoms with van der Waals surface area (Å²) in [4.78, 5) is 11.9. The minimum Gasteiger partial charge on any atom is -0.506 e. The van der Waals surface area contributed by atoms with E-state index in [2.05, 4.69) is 10.0 Å². The van der Waals surface area contributed by atoms with Crippen molar-refractivity contribution < 1.29 is 22.7 Å².